The van der Waals surface area contributed by atoms with Crippen LogP contribution in [-0.4, -0.2) is 22.4 Å². The molecule has 0 spiro atoms. The summed E-state index contributed by atoms with van der Waals surface area (Å²) in [5, 5.41) is 4.02. The minimum absolute atomic E-state index is 0.170. The molecule has 0 amide bonds. The topological polar surface area (TPSA) is 44.1 Å². The molecule has 2 aromatic rings. The van der Waals surface area contributed by atoms with Gasteiger partial charge in [-0.1, -0.05) is 30.3 Å². The molecular weight excluding hydrogens is 297 g/mol. The summed E-state index contributed by atoms with van der Waals surface area (Å²) in [5.74, 6) is -2.24. The van der Waals surface area contributed by atoms with E-state index in [9.17, 15) is 18.0 Å². The van der Waals surface area contributed by atoms with Crippen molar-refractivity contribution in [2.75, 3.05) is 6.61 Å². The predicted octanol–water partition coefficient (Wildman–Crippen LogP) is 3.56. The molecule has 1 heterocycles. The van der Waals surface area contributed by atoms with Gasteiger partial charge in [-0.3, -0.25) is 9.48 Å². The summed E-state index contributed by atoms with van der Waals surface area (Å²) < 4.78 is 42.2. The van der Waals surface area contributed by atoms with E-state index in [1.165, 1.54) is 4.68 Å². The Morgan fingerprint density at radius 3 is 2.55 bits per heavy atom. The van der Waals surface area contributed by atoms with Crippen molar-refractivity contribution in [3.8, 4) is 11.1 Å². The van der Waals surface area contributed by atoms with Crippen LogP contribution < -0.4 is 0 Å². The first-order valence-electron chi connectivity index (χ1n) is 6.49. The van der Waals surface area contributed by atoms with E-state index in [1.54, 1.807) is 12.4 Å². The van der Waals surface area contributed by atoms with Crippen LogP contribution in [0, 0.1) is 0 Å². The zero-order valence-electron chi connectivity index (χ0n) is 11.5. The Kier molecular flexibility index (Phi) is 5.35. The van der Waals surface area contributed by atoms with Crippen molar-refractivity contribution in [1.82, 2.24) is 9.78 Å². The van der Waals surface area contributed by atoms with E-state index >= 15 is 0 Å². The maximum atomic E-state index is 12.5. The molecule has 4 nitrogen and oxygen atoms in total. The number of nitrogens with zero attached hydrogens (tertiary/aromatic N) is 2. The van der Waals surface area contributed by atoms with Gasteiger partial charge in [0.05, 0.1) is 12.8 Å². The van der Waals surface area contributed by atoms with Gasteiger partial charge in [0.15, 0.2) is 5.83 Å². The first-order valence-corrected chi connectivity index (χ1v) is 6.49. The maximum absolute atomic E-state index is 12.5. The Morgan fingerprint density at radius 1 is 1.14 bits per heavy atom. The third kappa shape index (κ3) is 4.47. The number of halogens is 3. The molecule has 0 N–H and O–H groups in total. The van der Waals surface area contributed by atoms with Crippen LogP contribution in [0.25, 0.3) is 11.1 Å². The fourth-order valence-electron chi connectivity index (χ4n) is 1.76. The van der Waals surface area contributed by atoms with Crippen molar-refractivity contribution >= 4 is 5.97 Å². The van der Waals surface area contributed by atoms with Gasteiger partial charge in [-0.15, -0.1) is 0 Å². The maximum Gasteiger partial charge on any atom is 0.327 e. The second-order valence-corrected chi connectivity index (χ2v) is 4.43. The van der Waals surface area contributed by atoms with Crippen LogP contribution in [0.15, 0.2) is 54.6 Å². The van der Waals surface area contributed by atoms with E-state index in [2.05, 4.69) is 9.84 Å². The lowest BCUT2D eigenvalue weighted by molar-refractivity contribution is -0.144. The number of benzene rings is 1. The molecule has 22 heavy (non-hydrogen) atoms. The zero-order valence-corrected chi connectivity index (χ0v) is 11.5. The molecule has 0 aliphatic heterocycles. The molecular formula is C15H13F3N2O2. The number of rotatable bonds is 6. The molecule has 0 aliphatic rings. The summed E-state index contributed by atoms with van der Waals surface area (Å²) in [4.78, 5) is 11.5. The van der Waals surface area contributed by atoms with E-state index in [0.717, 1.165) is 11.1 Å². The summed E-state index contributed by atoms with van der Waals surface area (Å²) >= 11 is 0. The van der Waals surface area contributed by atoms with Crippen molar-refractivity contribution in [3.05, 3.63) is 54.6 Å². The highest BCUT2D eigenvalue weighted by Gasteiger charge is 2.09. The van der Waals surface area contributed by atoms with Crippen LogP contribution in [0.1, 0.15) is 6.42 Å². The lowest BCUT2D eigenvalue weighted by atomic mass is 10.1. The second-order valence-electron chi connectivity index (χ2n) is 4.43. The van der Waals surface area contributed by atoms with Gasteiger partial charge in [-0.05, 0) is 5.56 Å². The predicted molar refractivity (Wildman–Crippen MR) is 73.6 cm³/mol. The van der Waals surface area contributed by atoms with Crippen LogP contribution in [0.2, 0.25) is 0 Å². The second kappa shape index (κ2) is 7.44. The van der Waals surface area contributed by atoms with Gasteiger partial charge in [0.1, 0.15) is 6.54 Å². The van der Waals surface area contributed by atoms with E-state index in [-0.39, 0.29) is 6.54 Å². The Bertz CT molecular complexity index is 664. The number of carbonyl (C=O) groups is 1. The van der Waals surface area contributed by atoms with Crippen molar-refractivity contribution < 1.29 is 22.7 Å². The third-order valence-corrected chi connectivity index (χ3v) is 2.82. The van der Waals surface area contributed by atoms with Crippen molar-refractivity contribution in [1.29, 1.82) is 0 Å². The van der Waals surface area contributed by atoms with Crippen LogP contribution >= 0.6 is 0 Å². The quantitative estimate of drug-likeness (QED) is 0.766. The number of aromatic nitrogens is 2. The normalized spacial score (nSPS) is 10.3. The van der Waals surface area contributed by atoms with Crippen molar-refractivity contribution in [2.45, 2.75) is 13.0 Å². The SMILES string of the molecule is O=C(Cn1cc(-c2ccccc2)cn1)OCCC(F)=C(F)F. The van der Waals surface area contributed by atoms with E-state index in [1.807, 2.05) is 30.3 Å². The highest BCUT2D eigenvalue weighted by atomic mass is 19.3. The van der Waals surface area contributed by atoms with Gasteiger partial charge in [0, 0.05) is 18.2 Å². The van der Waals surface area contributed by atoms with Crippen LogP contribution in [0.4, 0.5) is 13.2 Å². The fourth-order valence-corrected chi connectivity index (χ4v) is 1.76. The fraction of sp³-hybridized carbons (Fsp3) is 0.200. The van der Waals surface area contributed by atoms with Gasteiger partial charge < -0.3 is 4.74 Å². The summed E-state index contributed by atoms with van der Waals surface area (Å²) in [6, 6.07) is 9.46. The third-order valence-electron chi connectivity index (χ3n) is 2.82. The largest absolute Gasteiger partial charge is 0.464 e. The first kappa shape index (κ1) is 15.8. The number of carbonyl (C=O) groups excluding carboxylic acids is 1. The smallest absolute Gasteiger partial charge is 0.327 e. The van der Waals surface area contributed by atoms with Gasteiger partial charge in [0.2, 0.25) is 0 Å². The average Bonchev–Trinajstić information content (AvgIpc) is 2.96. The minimum Gasteiger partial charge on any atom is -0.464 e. The highest BCUT2D eigenvalue weighted by Crippen LogP contribution is 2.17. The molecule has 116 valence electrons. The molecule has 0 atom stereocenters. The Labute approximate surface area is 124 Å². The Morgan fingerprint density at radius 2 is 1.86 bits per heavy atom. The summed E-state index contributed by atoms with van der Waals surface area (Å²) in [6.07, 6.45) is 0.236. The first-order chi connectivity index (χ1) is 10.6. The van der Waals surface area contributed by atoms with E-state index < -0.39 is 30.9 Å². The van der Waals surface area contributed by atoms with E-state index in [0.29, 0.717) is 0 Å². The molecule has 0 unspecified atom stereocenters. The van der Waals surface area contributed by atoms with Crippen LogP contribution in [-0.2, 0) is 16.1 Å². The summed E-state index contributed by atoms with van der Waals surface area (Å²) in [5.41, 5.74) is 1.79. The minimum atomic E-state index is -2.39. The Balaban J connectivity index is 1.85. The number of ether oxygens (including phenoxy) is 1. The van der Waals surface area contributed by atoms with Crippen LogP contribution in [0.5, 0.6) is 0 Å². The molecule has 1 aromatic carbocycles. The molecule has 7 heteroatoms. The monoisotopic (exact) mass is 310 g/mol. The molecule has 0 aliphatic carbocycles. The van der Waals surface area contributed by atoms with Gasteiger partial charge in [-0.25, -0.2) is 4.39 Å². The average molecular weight is 310 g/mol. The molecule has 0 bridgehead atoms. The van der Waals surface area contributed by atoms with Gasteiger partial charge in [0.25, 0.3) is 0 Å². The van der Waals surface area contributed by atoms with E-state index in [4.69, 9.17) is 0 Å². The number of esters is 1. The Hall–Kier alpha value is -2.57. The van der Waals surface area contributed by atoms with Gasteiger partial charge in [-0.2, -0.15) is 13.9 Å². The number of hydrogen-bond acceptors (Lipinski definition) is 3. The zero-order chi connectivity index (χ0) is 15.9. The lowest BCUT2D eigenvalue weighted by Crippen LogP contribution is -2.14. The molecule has 2 rings (SSSR count). The molecule has 0 saturated carbocycles. The summed E-state index contributed by atoms with van der Waals surface area (Å²) in [7, 11) is 0. The lowest BCUT2D eigenvalue weighted by Gasteiger charge is -2.03. The molecule has 1 aromatic heterocycles. The summed E-state index contributed by atoms with van der Waals surface area (Å²) in [6.45, 7) is -0.606. The molecule has 0 fully saturated rings. The van der Waals surface area contributed by atoms with Crippen molar-refractivity contribution in [3.63, 3.8) is 0 Å². The molecule has 0 radical (unpaired) electrons. The standard InChI is InChI=1S/C15H13F3N2O2/c16-13(15(17)18)6-7-22-14(21)10-20-9-12(8-19-20)11-4-2-1-3-5-11/h1-5,8-9H,6-7,10H2. The molecule has 0 saturated heterocycles. The van der Waals surface area contributed by atoms with Crippen LogP contribution in [0.3, 0.4) is 0 Å². The van der Waals surface area contributed by atoms with Crippen molar-refractivity contribution in [2.24, 2.45) is 0 Å². The number of hydrogen-bond donors (Lipinski definition) is 0. The highest BCUT2D eigenvalue weighted by molar-refractivity contribution is 5.69. The van der Waals surface area contributed by atoms with Gasteiger partial charge >= 0.3 is 12.0 Å².